The SMILES string of the molecule is c1ccc2[nH]c(Sc3ccc(CCCN4CCOCC4)o3)nc2c1. The van der Waals surface area contributed by atoms with E-state index in [0.29, 0.717) is 0 Å². The monoisotopic (exact) mass is 343 g/mol. The highest BCUT2D eigenvalue weighted by molar-refractivity contribution is 7.99. The van der Waals surface area contributed by atoms with Gasteiger partial charge in [-0.2, -0.15) is 0 Å². The van der Waals surface area contributed by atoms with Crippen LogP contribution in [0.4, 0.5) is 0 Å². The first kappa shape index (κ1) is 15.7. The molecule has 126 valence electrons. The van der Waals surface area contributed by atoms with E-state index in [1.165, 1.54) is 11.8 Å². The summed E-state index contributed by atoms with van der Waals surface area (Å²) in [7, 11) is 0. The fourth-order valence-electron chi connectivity index (χ4n) is 2.92. The Morgan fingerprint density at radius 3 is 2.88 bits per heavy atom. The molecule has 3 heterocycles. The smallest absolute Gasteiger partial charge is 0.174 e. The summed E-state index contributed by atoms with van der Waals surface area (Å²) in [6.07, 6.45) is 2.08. The van der Waals surface area contributed by atoms with Gasteiger partial charge in [-0.3, -0.25) is 4.90 Å². The van der Waals surface area contributed by atoms with E-state index in [0.717, 1.165) is 72.7 Å². The molecular formula is C18H21N3O2S. The van der Waals surface area contributed by atoms with Crippen molar-refractivity contribution in [1.29, 1.82) is 0 Å². The molecule has 5 nitrogen and oxygen atoms in total. The molecule has 1 N–H and O–H groups in total. The van der Waals surface area contributed by atoms with E-state index in [4.69, 9.17) is 9.15 Å². The average molecular weight is 343 g/mol. The Bertz CT molecular complexity index is 759. The Labute approximate surface area is 145 Å². The average Bonchev–Trinajstić information content (AvgIpc) is 3.22. The molecule has 0 bridgehead atoms. The largest absolute Gasteiger partial charge is 0.454 e. The van der Waals surface area contributed by atoms with Gasteiger partial charge in [0, 0.05) is 19.5 Å². The maximum Gasteiger partial charge on any atom is 0.174 e. The number of morpholine rings is 1. The second-order valence-corrected chi connectivity index (χ2v) is 6.93. The van der Waals surface area contributed by atoms with Crippen molar-refractivity contribution in [2.75, 3.05) is 32.8 Å². The number of nitrogens with zero attached hydrogens (tertiary/aromatic N) is 2. The first-order chi connectivity index (χ1) is 11.9. The molecule has 1 fully saturated rings. The standard InChI is InChI=1S/C18H21N3O2S/c1-2-6-16-15(5-1)19-18(20-16)24-17-8-7-14(23-17)4-3-9-21-10-12-22-13-11-21/h1-2,5-8H,3-4,9-13H2,(H,19,20). The van der Waals surface area contributed by atoms with Crippen molar-refractivity contribution in [3.05, 3.63) is 42.2 Å². The topological polar surface area (TPSA) is 54.3 Å². The highest BCUT2D eigenvalue weighted by atomic mass is 32.2. The molecule has 1 aliphatic rings. The minimum absolute atomic E-state index is 0.860. The number of benzene rings is 1. The summed E-state index contributed by atoms with van der Waals surface area (Å²) in [4.78, 5) is 10.3. The zero-order valence-electron chi connectivity index (χ0n) is 13.5. The number of ether oxygens (including phenoxy) is 1. The summed E-state index contributed by atoms with van der Waals surface area (Å²) in [6.45, 7) is 4.92. The van der Waals surface area contributed by atoms with E-state index in [-0.39, 0.29) is 0 Å². The van der Waals surface area contributed by atoms with Gasteiger partial charge in [-0.05, 0) is 49.0 Å². The molecule has 1 saturated heterocycles. The maximum absolute atomic E-state index is 5.93. The third-order valence-electron chi connectivity index (χ3n) is 4.20. The molecule has 0 saturated carbocycles. The highest BCUT2D eigenvalue weighted by Gasteiger charge is 2.11. The number of nitrogens with one attached hydrogen (secondary N) is 1. The Morgan fingerprint density at radius 2 is 2.00 bits per heavy atom. The number of fused-ring (bicyclic) bond motifs is 1. The molecule has 0 aliphatic carbocycles. The lowest BCUT2D eigenvalue weighted by atomic mass is 10.2. The summed E-state index contributed by atoms with van der Waals surface area (Å²) >= 11 is 1.54. The zero-order chi connectivity index (χ0) is 16.2. The van der Waals surface area contributed by atoms with Crippen LogP contribution in [0.5, 0.6) is 0 Å². The van der Waals surface area contributed by atoms with Crippen molar-refractivity contribution >= 4 is 22.8 Å². The van der Waals surface area contributed by atoms with Gasteiger partial charge in [0.2, 0.25) is 0 Å². The molecule has 24 heavy (non-hydrogen) atoms. The van der Waals surface area contributed by atoms with Crippen molar-refractivity contribution < 1.29 is 9.15 Å². The lowest BCUT2D eigenvalue weighted by Crippen LogP contribution is -2.36. The van der Waals surface area contributed by atoms with Gasteiger partial charge in [0.15, 0.2) is 10.2 Å². The van der Waals surface area contributed by atoms with E-state index in [9.17, 15) is 0 Å². The van der Waals surface area contributed by atoms with Crippen LogP contribution in [0.3, 0.4) is 0 Å². The van der Waals surface area contributed by atoms with E-state index in [2.05, 4.69) is 20.9 Å². The molecular weight excluding hydrogens is 322 g/mol. The predicted octanol–water partition coefficient (Wildman–Crippen LogP) is 3.57. The molecule has 3 aromatic rings. The van der Waals surface area contributed by atoms with Crippen LogP contribution in [-0.2, 0) is 11.2 Å². The van der Waals surface area contributed by atoms with Gasteiger partial charge in [0.25, 0.3) is 0 Å². The van der Waals surface area contributed by atoms with Gasteiger partial charge in [-0.15, -0.1) is 0 Å². The van der Waals surface area contributed by atoms with Gasteiger partial charge >= 0.3 is 0 Å². The fourth-order valence-corrected chi connectivity index (χ4v) is 3.70. The summed E-state index contributed by atoms with van der Waals surface area (Å²) in [5.41, 5.74) is 2.04. The molecule has 0 spiro atoms. The number of hydrogen-bond acceptors (Lipinski definition) is 5. The van der Waals surface area contributed by atoms with Crippen LogP contribution in [0, 0.1) is 0 Å². The Kier molecular flexibility index (Phi) is 4.87. The van der Waals surface area contributed by atoms with Gasteiger partial charge in [-0.25, -0.2) is 4.98 Å². The minimum atomic E-state index is 0.860. The molecule has 0 radical (unpaired) electrons. The number of aromatic nitrogens is 2. The van der Waals surface area contributed by atoms with Crippen LogP contribution in [0.25, 0.3) is 11.0 Å². The summed E-state index contributed by atoms with van der Waals surface area (Å²) < 4.78 is 11.3. The third-order valence-corrected chi connectivity index (χ3v) is 5.01. The van der Waals surface area contributed by atoms with Crippen LogP contribution in [0.2, 0.25) is 0 Å². The quantitative estimate of drug-likeness (QED) is 0.741. The van der Waals surface area contributed by atoms with Crippen molar-refractivity contribution in [1.82, 2.24) is 14.9 Å². The lowest BCUT2D eigenvalue weighted by Gasteiger charge is -2.26. The number of rotatable bonds is 6. The molecule has 1 aliphatic heterocycles. The fraction of sp³-hybridized carbons (Fsp3) is 0.389. The first-order valence-corrected chi connectivity index (χ1v) is 9.20. The summed E-state index contributed by atoms with van der Waals surface area (Å²) in [5.74, 6) is 1.04. The zero-order valence-corrected chi connectivity index (χ0v) is 14.3. The van der Waals surface area contributed by atoms with Gasteiger partial charge in [-0.1, -0.05) is 12.1 Å². The third kappa shape index (κ3) is 3.83. The summed E-state index contributed by atoms with van der Waals surface area (Å²) in [5, 5.41) is 1.75. The predicted molar refractivity (Wildman–Crippen MR) is 94.5 cm³/mol. The normalized spacial score (nSPS) is 16.0. The van der Waals surface area contributed by atoms with E-state index in [1.54, 1.807) is 0 Å². The minimum Gasteiger partial charge on any atom is -0.454 e. The second-order valence-electron chi connectivity index (χ2n) is 5.94. The van der Waals surface area contributed by atoms with Gasteiger partial charge < -0.3 is 14.1 Å². The van der Waals surface area contributed by atoms with Crippen molar-refractivity contribution in [3.63, 3.8) is 0 Å². The van der Waals surface area contributed by atoms with Crippen LogP contribution in [0.1, 0.15) is 12.2 Å². The number of para-hydroxylation sites is 2. The Morgan fingerprint density at radius 1 is 1.12 bits per heavy atom. The molecule has 2 aromatic heterocycles. The van der Waals surface area contributed by atoms with Crippen molar-refractivity contribution in [3.8, 4) is 0 Å². The molecule has 0 amide bonds. The van der Waals surface area contributed by atoms with Crippen LogP contribution in [-0.4, -0.2) is 47.7 Å². The first-order valence-electron chi connectivity index (χ1n) is 8.38. The second kappa shape index (κ2) is 7.42. The highest BCUT2D eigenvalue weighted by Crippen LogP contribution is 2.29. The number of aryl methyl sites for hydroxylation is 1. The molecule has 0 atom stereocenters. The van der Waals surface area contributed by atoms with E-state index < -0.39 is 0 Å². The number of aromatic amines is 1. The van der Waals surface area contributed by atoms with E-state index in [1.807, 2.05) is 30.3 Å². The molecule has 0 unspecified atom stereocenters. The van der Waals surface area contributed by atoms with Crippen LogP contribution in [0.15, 0.2) is 51.1 Å². The Hall–Kier alpha value is -1.76. The number of imidazole rings is 1. The molecule has 1 aromatic carbocycles. The number of hydrogen-bond donors (Lipinski definition) is 1. The number of H-pyrrole nitrogens is 1. The van der Waals surface area contributed by atoms with Crippen molar-refractivity contribution in [2.45, 2.75) is 23.1 Å². The van der Waals surface area contributed by atoms with Gasteiger partial charge in [0.1, 0.15) is 5.76 Å². The summed E-state index contributed by atoms with van der Waals surface area (Å²) in [6, 6.07) is 12.2. The van der Waals surface area contributed by atoms with Crippen LogP contribution < -0.4 is 0 Å². The van der Waals surface area contributed by atoms with E-state index >= 15 is 0 Å². The molecule has 4 rings (SSSR count). The van der Waals surface area contributed by atoms with Crippen LogP contribution >= 0.6 is 11.8 Å². The Balaban J connectivity index is 1.31. The van der Waals surface area contributed by atoms with Gasteiger partial charge in [0.05, 0.1) is 24.2 Å². The molecule has 6 heteroatoms. The maximum atomic E-state index is 5.93. The number of furan rings is 1. The van der Waals surface area contributed by atoms with Crippen molar-refractivity contribution in [2.24, 2.45) is 0 Å². The lowest BCUT2D eigenvalue weighted by molar-refractivity contribution is 0.0373.